The van der Waals surface area contributed by atoms with Gasteiger partial charge in [0.1, 0.15) is 11.2 Å². The van der Waals surface area contributed by atoms with E-state index < -0.39 is 0 Å². The number of aryl methyl sites for hydroxylation is 1. The lowest BCUT2D eigenvalue weighted by Gasteiger charge is -2.22. The average molecular weight is 529 g/mol. The standard InChI is InChI=1S/C38H28N2O/c1-23-12-14-24(15-13-23)37-39-33(25-17-19-36-30(20-25)29-9-5-7-11-35(29)41-36)22-34(40-37)26-16-18-28-27-8-4-6-10-31(27)38(2,3)32(28)21-26/h4-22H,1-3H3. The van der Waals surface area contributed by atoms with Gasteiger partial charge in [0.15, 0.2) is 5.82 Å². The number of hydrogen-bond acceptors (Lipinski definition) is 3. The van der Waals surface area contributed by atoms with Crippen LogP contribution in [0, 0.1) is 6.92 Å². The first kappa shape index (κ1) is 23.8. The van der Waals surface area contributed by atoms with Crippen LogP contribution in [0.1, 0.15) is 30.5 Å². The molecular formula is C38H28N2O. The fourth-order valence-corrected chi connectivity index (χ4v) is 6.32. The fraction of sp³-hybridized carbons (Fsp3) is 0.105. The molecule has 3 nitrogen and oxygen atoms in total. The third-order valence-electron chi connectivity index (χ3n) is 8.59. The Hall–Kier alpha value is -5.02. The molecule has 0 saturated heterocycles. The van der Waals surface area contributed by atoms with Crippen LogP contribution in [0.5, 0.6) is 0 Å². The average Bonchev–Trinajstić information content (AvgIpc) is 3.49. The third kappa shape index (κ3) is 3.73. The predicted molar refractivity (Wildman–Crippen MR) is 168 cm³/mol. The second-order valence-electron chi connectivity index (χ2n) is 11.6. The molecular weight excluding hydrogens is 500 g/mol. The molecule has 196 valence electrons. The summed E-state index contributed by atoms with van der Waals surface area (Å²) in [5.74, 6) is 0.720. The molecule has 0 aliphatic heterocycles. The Bertz CT molecular complexity index is 2130. The Labute approximate surface area is 239 Å². The molecule has 7 aromatic rings. The molecule has 2 heterocycles. The summed E-state index contributed by atoms with van der Waals surface area (Å²) in [6, 6.07) is 40.6. The Balaban J connectivity index is 1.32. The largest absolute Gasteiger partial charge is 0.456 e. The van der Waals surface area contributed by atoms with E-state index in [4.69, 9.17) is 14.4 Å². The molecule has 1 aliphatic rings. The monoisotopic (exact) mass is 528 g/mol. The first-order valence-corrected chi connectivity index (χ1v) is 14.1. The molecule has 0 unspecified atom stereocenters. The quantitative estimate of drug-likeness (QED) is 0.229. The maximum Gasteiger partial charge on any atom is 0.160 e. The summed E-state index contributed by atoms with van der Waals surface area (Å²) in [6.07, 6.45) is 0. The zero-order valence-corrected chi connectivity index (χ0v) is 23.3. The number of fused-ring (bicyclic) bond motifs is 6. The Morgan fingerprint density at radius 2 is 1.17 bits per heavy atom. The highest BCUT2D eigenvalue weighted by molar-refractivity contribution is 6.06. The first-order chi connectivity index (χ1) is 20.0. The van der Waals surface area contributed by atoms with Gasteiger partial charge in [-0.3, -0.25) is 0 Å². The van der Waals surface area contributed by atoms with E-state index in [1.165, 1.54) is 27.8 Å². The SMILES string of the molecule is Cc1ccc(-c2nc(-c3ccc4c(c3)C(C)(C)c3ccccc3-4)cc(-c3ccc4oc5ccccc5c4c3)n2)cc1. The van der Waals surface area contributed by atoms with Gasteiger partial charge in [0.2, 0.25) is 0 Å². The van der Waals surface area contributed by atoms with Gasteiger partial charge in [0, 0.05) is 32.9 Å². The molecule has 3 heteroatoms. The van der Waals surface area contributed by atoms with Crippen LogP contribution in [-0.4, -0.2) is 9.97 Å². The Kier molecular flexibility index (Phi) is 5.08. The molecule has 0 N–H and O–H groups in total. The first-order valence-electron chi connectivity index (χ1n) is 14.1. The molecule has 0 spiro atoms. The minimum absolute atomic E-state index is 0.0784. The highest BCUT2D eigenvalue weighted by Crippen LogP contribution is 2.49. The molecule has 0 atom stereocenters. The van der Waals surface area contributed by atoms with Crippen LogP contribution < -0.4 is 0 Å². The number of benzene rings is 5. The predicted octanol–water partition coefficient (Wildman–Crippen LogP) is 9.99. The number of aromatic nitrogens is 2. The molecule has 0 bridgehead atoms. The van der Waals surface area contributed by atoms with Crippen molar-refractivity contribution in [2.45, 2.75) is 26.2 Å². The third-order valence-corrected chi connectivity index (χ3v) is 8.59. The summed E-state index contributed by atoms with van der Waals surface area (Å²) in [5.41, 5.74) is 13.2. The van der Waals surface area contributed by atoms with Crippen LogP contribution in [0.25, 0.3) is 67.0 Å². The van der Waals surface area contributed by atoms with Crippen molar-refractivity contribution in [2.24, 2.45) is 0 Å². The van der Waals surface area contributed by atoms with Crippen molar-refractivity contribution in [3.05, 3.63) is 132 Å². The minimum Gasteiger partial charge on any atom is -0.456 e. The van der Waals surface area contributed by atoms with E-state index in [0.717, 1.165) is 55.8 Å². The lowest BCUT2D eigenvalue weighted by Crippen LogP contribution is -2.14. The smallest absolute Gasteiger partial charge is 0.160 e. The van der Waals surface area contributed by atoms with Crippen LogP contribution in [0.4, 0.5) is 0 Å². The van der Waals surface area contributed by atoms with E-state index in [1.54, 1.807) is 0 Å². The van der Waals surface area contributed by atoms with Crippen LogP contribution in [0.2, 0.25) is 0 Å². The van der Waals surface area contributed by atoms with Crippen molar-refractivity contribution < 1.29 is 4.42 Å². The van der Waals surface area contributed by atoms with E-state index in [1.807, 2.05) is 18.2 Å². The van der Waals surface area contributed by atoms with Gasteiger partial charge in [-0.05, 0) is 65.6 Å². The maximum atomic E-state index is 6.10. The van der Waals surface area contributed by atoms with Gasteiger partial charge in [0.05, 0.1) is 11.4 Å². The van der Waals surface area contributed by atoms with E-state index in [-0.39, 0.29) is 5.41 Å². The maximum absolute atomic E-state index is 6.10. The van der Waals surface area contributed by atoms with Crippen molar-refractivity contribution in [3.8, 4) is 45.0 Å². The number of hydrogen-bond donors (Lipinski definition) is 0. The van der Waals surface area contributed by atoms with E-state index >= 15 is 0 Å². The van der Waals surface area contributed by atoms with E-state index in [2.05, 4.69) is 118 Å². The lowest BCUT2D eigenvalue weighted by molar-refractivity contribution is 0.660. The molecule has 0 amide bonds. The molecule has 0 radical (unpaired) electrons. The topological polar surface area (TPSA) is 38.9 Å². The van der Waals surface area contributed by atoms with Crippen molar-refractivity contribution in [1.29, 1.82) is 0 Å². The number of rotatable bonds is 3. The van der Waals surface area contributed by atoms with Gasteiger partial charge in [0.25, 0.3) is 0 Å². The molecule has 0 saturated carbocycles. The second kappa shape index (κ2) is 8.74. The van der Waals surface area contributed by atoms with E-state index in [9.17, 15) is 0 Å². The fourth-order valence-electron chi connectivity index (χ4n) is 6.32. The van der Waals surface area contributed by atoms with Gasteiger partial charge in [-0.15, -0.1) is 0 Å². The van der Waals surface area contributed by atoms with Gasteiger partial charge in [-0.25, -0.2) is 9.97 Å². The molecule has 2 aromatic heterocycles. The number of nitrogens with zero attached hydrogens (tertiary/aromatic N) is 2. The zero-order chi connectivity index (χ0) is 27.7. The summed E-state index contributed by atoms with van der Waals surface area (Å²) in [7, 11) is 0. The van der Waals surface area contributed by atoms with Crippen molar-refractivity contribution in [2.75, 3.05) is 0 Å². The van der Waals surface area contributed by atoms with Crippen LogP contribution >= 0.6 is 0 Å². The van der Waals surface area contributed by atoms with Crippen LogP contribution in [0.15, 0.2) is 120 Å². The molecule has 1 aliphatic carbocycles. The summed E-state index contributed by atoms with van der Waals surface area (Å²) >= 11 is 0. The van der Waals surface area contributed by atoms with Gasteiger partial charge in [-0.1, -0.05) is 98.3 Å². The van der Waals surface area contributed by atoms with Crippen molar-refractivity contribution >= 4 is 21.9 Å². The van der Waals surface area contributed by atoms with Gasteiger partial charge in [-0.2, -0.15) is 0 Å². The van der Waals surface area contributed by atoms with Gasteiger partial charge >= 0.3 is 0 Å². The summed E-state index contributed by atoms with van der Waals surface area (Å²) in [6.45, 7) is 6.73. The molecule has 0 fully saturated rings. The normalized spacial score (nSPS) is 13.4. The summed E-state index contributed by atoms with van der Waals surface area (Å²) < 4.78 is 6.10. The number of para-hydroxylation sites is 1. The highest BCUT2D eigenvalue weighted by atomic mass is 16.3. The molecule has 41 heavy (non-hydrogen) atoms. The summed E-state index contributed by atoms with van der Waals surface area (Å²) in [4.78, 5) is 10.2. The van der Waals surface area contributed by atoms with Gasteiger partial charge < -0.3 is 4.42 Å². The Morgan fingerprint density at radius 3 is 2.00 bits per heavy atom. The van der Waals surface area contributed by atoms with E-state index in [0.29, 0.717) is 0 Å². The van der Waals surface area contributed by atoms with Crippen LogP contribution in [-0.2, 0) is 5.41 Å². The second-order valence-corrected chi connectivity index (χ2v) is 11.6. The minimum atomic E-state index is -0.0784. The Morgan fingerprint density at radius 1 is 0.537 bits per heavy atom. The zero-order valence-electron chi connectivity index (χ0n) is 23.3. The molecule has 5 aromatic carbocycles. The highest BCUT2D eigenvalue weighted by Gasteiger charge is 2.35. The van der Waals surface area contributed by atoms with Crippen molar-refractivity contribution in [3.63, 3.8) is 0 Å². The molecule has 8 rings (SSSR count). The van der Waals surface area contributed by atoms with Crippen LogP contribution in [0.3, 0.4) is 0 Å². The number of furan rings is 1. The van der Waals surface area contributed by atoms with Crippen molar-refractivity contribution in [1.82, 2.24) is 9.97 Å². The lowest BCUT2D eigenvalue weighted by atomic mass is 9.82. The summed E-state index contributed by atoms with van der Waals surface area (Å²) in [5, 5.41) is 2.20.